The zero-order valence-corrected chi connectivity index (χ0v) is 12.0. The van der Waals surface area contributed by atoms with E-state index in [4.69, 9.17) is 4.74 Å². The lowest BCUT2D eigenvalue weighted by molar-refractivity contribution is -0.0160. The van der Waals surface area contributed by atoms with Crippen LogP contribution in [0, 0.1) is 19.8 Å². The van der Waals surface area contributed by atoms with Crippen molar-refractivity contribution in [3.05, 3.63) is 29.3 Å². The number of benzene rings is 1. The first-order chi connectivity index (χ1) is 8.58. The zero-order valence-electron chi connectivity index (χ0n) is 12.0. The molecule has 100 valence electrons. The van der Waals surface area contributed by atoms with Gasteiger partial charge in [0, 0.05) is 18.3 Å². The maximum atomic E-state index is 5.82. The van der Waals surface area contributed by atoms with Gasteiger partial charge in [0.05, 0.1) is 6.10 Å². The van der Waals surface area contributed by atoms with E-state index in [2.05, 4.69) is 51.2 Å². The molecule has 1 fully saturated rings. The van der Waals surface area contributed by atoms with Crippen LogP contribution in [-0.4, -0.2) is 18.8 Å². The molecule has 0 radical (unpaired) electrons. The zero-order chi connectivity index (χ0) is 13.1. The highest BCUT2D eigenvalue weighted by atomic mass is 16.5. The van der Waals surface area contributed by atoms with Crippen LogP contribution in [-0.2, 0) is 4.74 Å². The first kappa shape index (κ1) is 13.4. The molecular formula is C16H25NO. The molecule has 0 aromatic heterocycles. The van der Waals surface area contributed by atoms with Crippen molar-refractivity contribution in [2.75, 3.05) is 11.9 Å². The molecule has 1 aromatic rings. The molecule has 1 aliphatic rings. The van der Waals surface area contributed by atoms with Crippen molar-refractivity contribution in [2.24, 2.45) is 5.92 Å². The van der Waals surface area contributed by atoms with Gasteiger partial charge >= 0.3 is 0 Å². The van der Waals surface area contributed by atoms with Crippen molar-refractivity contribution in [1.29, 1.82) is 0 Å². The van der Waals surface area contributed by atoms with Crippen molar-refractivity contribution in [3.63, 3.8) is 0 Å². The topological polar surface area (TPSA) is 21.3 Å². The van der Waals surface area contributed by atoms with Gasteiger partial charge in [-0.2, -0.15) is 0 Å². The predicted molar refractivity (Wildman–Crippen MR) is 77.1 cm³/mol. The van der Waals surface area contributed by atoms with Gasteiger partial charge in [0.2, 0.25) is 0 Å². The Morgan fingerprint density at radius 2 is 2.06 bits per heavy atom. The first-order valence-corrected chi connectivity index (χ1v) is 7.02. The highest BCUT2D eigenvalue weighted by molar-refractivity contribution is 5.54. The SMILES string of the molecule is Cc1cccc(NC2CCOC(C(C)C)C2)c1C. The predicted octanol–water partition coefficient (Wildman–Crippen LogP) is 3.92. The van der Waals surface area contributed by atoms with Crippen LogP contribution >= 0.6 is 0 Å². The Morgan fingerprint density at radius 3 is 2.78 bits per heavy atom. The number of hydrogen-bond donors (Lipinski definition) is 1. The molecule has 1 N–H and O–H groups in total. The maximum absolute atomic E-state index is 5.82. The third kappa shape index (κ3) is 3.05. The monoisotopic (exact) mass is 247 g/mol. The van der Waals surface area contributed by atoms with E-state index in [1.54, 1.807) is 0 Å². The Balaban J connectivity index is 2.03. The van der Waals surface area contributed by atoms with Crippen LogP contribution in [0.5, 0.6) is 0 Å². The van der Waals surface area contributed by atoms with Gasteiger partial charge in [-0.25, -0.2) is 0 Å². The molecule has 18 heavy (non-hydrogen) atoms. The lowest BCUT2D eigenvalue weighted by Gasteiger charge is -2.33. The van der Waals surface area contributed by atoms with Crippen LogP contribution < -0.4 is 5.32 Å². The highest BCUT2D eigenvalue weighted by Gasteiger charge is 2.24. The number of rotatable bonds is 3. The second-order valence-corrected chi connectivity index (χ2v) is 5.77. The summed E-state index contributed by atoms with van der Waals surface area (Å²) >= 11 is 0. The van der Waals surface area contributed by atoms with E-state index in [1.165, 1.54) is 16.8 Å². The summed E-state index contributed by atoms with van der Waals surface area (Å²) < 4.78 is 5.82. The lowest BCUT2D eigenvalue weighted by atomic mass is 9.95. The lowest BCUT2D eigenvalue weighted by Crippen LogP contribution is -2.36. The Labute approximate surface area is 111 Å². The van der Waals surface area contributed by atoms with Crippen LogP contribution in [0.1, 0.15) is 37.8 Å². The summed E-state index contributed by atoms with van der Waals surface area (Å²) in [5.41, 5.74) is 4.00. The standard InChI is InChI=1S/C16H25NO/c1-11(2)16-10-14(8-9-18-16)17-15-7-5-6-12(3)13(15)4/h5-7,11,14,16-17H,8-10H2,1-4H3. The molecule has 0 saturated carbocycles. The van der Waals surface area contributed by atoms with E-state index >= 15 is 0 Å². The minimum Gasteiger partial charge on any atom is -0.382 e. The van der Waals surface area contributed by atoms with Gasteiger partial charge in [-0.3, -0.25) is 0 Å². The van der Waals surface area contributed by atoms with E-state index in [1.807, 2.05) is 0 Å². The normalized spacial score (nSPS) is 24.3. The smallest absolute Gasteiger partial charge is 0.0617 e. The third-order valence-corrected chi connectivity index (χ3v) is 4.02. The van der Waals surface area contributed by atoms with Gasteiger partial charge < -0.3 is 10.1 Å². The molecule has 1 saturated heterocycles. The van der Waals surface area contributed by atoms with Crippen LogP contribution in [0.4, 0.5) is 5.69 Å². The Bertz CT molecular complexity index is 400. The van der Waals surface area contributed by atoms with Crippen LogP contribution in [0.15, 0.2) is 18.2 Å². The van der Waals surface area contributed by atoms with E-state index in [0.29, 0.717) is 18.1 Å². The Hall–Kier alpha value is -1.02. The molecular weight excluding hydrogens is 222 g/mol. The van der Waals surface area contributed by atoms with Crippen LogP contribution in [0.25, 0.3) is 0 Å². The summed E-state index contributed by atoms with van der Waals surface area (Å²) in [5.74, 6) is 0.605. The fourth-order valence-corrected chi connectivity index (χ4v) is 2.55. The van der Waals surface area contributed by atoms with Crippen molar-refractivity contribution >= 4 is 5.69 Å². The quantitative estimate of drug-likeness (QED) is 0.874. The summed E-state index contributed by atoms with van der Waals surface area (Å²) in [6, 6.07) is 7.03. The summed E-state index contributed by atoms with van der Waals surface area (Å²) in [4.78, 5) is 0. The Kier molecular flexibility index (Phi) is 4.28. The molecule has 2 unspecified atom stereocenters. The number of hydrogen-bond acceptors (Lipinski definition) is 2. The fraction of sp³-hybridized carbons (Fsp3) is 0.625. The van der Waals surface area contributed by atoms with E-state index in [0.717, 1.165) is 19.4 Å². The van der Waals surface area contributed by atoms with Crippen molar-refractivity contribution in [1.82, 2.24) is 0 Å². The van der Waals surface area contributed by atoms with Crippen molar-refractivity contribution in [3.8, 4) is 0 Å². The van der Waals surface area contributed by atoms with Gasteiger partial charge in [-0.1, -0.05) is 26.0 Å². The first-order valence-electron chi connectivity index (χ1n) is 7.02. The molecule has 0 spiro atoms. The van der Waals surface area contributed by atoms with Gasteiger partial charge in [-0.05, 0) is 49.8 Å². The second kappa shape index (κ2) is 5.75. The third-order valence-electron chi connectivity index (χ3n) is 4.02. The molecule has 1 aromatic carbocycles. The second-order valence-electron chi connectivity index (χ2n) is 5.77. The average molecular weight is 247 g/mol. The molecule has 2 nitrogen and oxygen atoms in total. The largest absolute Gasteiger partial charge is 0.382 e. The van der Waals surface area contributed by atoms with E-state index < -0.39 is 0 Å². The average Bonchev–Trinajstić information content (AvgIpc) is 2.35. The summed E-state index contributed by atoms with van der Waals surface area (Å²) in [7, 11) is 0. The van der Waals surface area contributed by atoms with Gasteiger partial charge in [0.15, 0.2) is 0 Å². The number of ether oxygens (including phenoxy) is 1. The molecule has 1 aliphatic heterocycles. The minimum absolute atomic E-state index is 0.404. The van der Waals surface area contributed by atoms with E-state index in [-0.39, 0.29) is 0 Å². The van der Waals surface area contributed by atoms with E-state index in [9.17, 15) is 0 Å². The molecule has 0 amide bonds. The molecule has 2 rings (SSSR count). The van der Waals surface area contributed by atoms with Gasteiger partial charge in [-0.15, -0.1) is 0 Å². The highest BCUT2D eigenvalue weighted by Crippen LogP contribution is 2.25. The summed E-state index contributed by atoms with van der Waals surface area (Å²) in [6.07, 6.45) is 2.63. The summed E-state index contributed by atoms with van der Waals surface area (Å²) in [5, 5.41) is 3.69. The van der Waals surface area contributed by atoms with Crippen LogP contribution in [0.2, 0.25) is 0 Å². The van der Waals surface area contributed by atoms with Crippen molar-refractivity contribution in [2.45, 2.75) is 52.7 Å². The van der Waals surface area contributed by atoms with Gasteiger partial charge in [0.1, 0.15) is 0 Å². The molecule has 0 bridgehead atoms. The number of anilines is 1. The molecule has 2 heteroatoms. The fourth-order valence-electron chi connectivity index (χ4n) is 2.55. The Morgan fingerprint density at radius 1 is 1.28 bits per heavy atom. The number of aryl methyl sites for hydroxylation is 1. The minimum atomic E-state index is 0.404. The molecule has 2 atom stereocenters. The number of nitrogens with one attached hydrogen (secondary N) is 1. The summed E-state index contributed by atoms with van der Waals surface area (Å²) in [6.45, 7) is 9.72. The van der Waals surface area contributed by atoms with Gasteiger partial charge in [0.25, 0.3) is 0 Å². The molecule has 0 aliphatic carbocycles. The van der Waals surface area contributed by atoms with Crippen LogP contribution in [0.3, 0.4) is 0 Å². The van der Waals surface area contributed by atoms with Crippen molar-refractivity contribution < 1.29 is 4.74 Å². The maximum Gasteiger partial charge on any atom is 0.0617 e. The molecule has 1 heterocycles.